The Morgan fingerprint density at radius 2 is 0.950 bits per heavy atom. The van der Waals surface area contributed by atoms with Crippen molar-refractivity contribution in [1.29, 1.82) is 0 Å². The van der Waals surface area contributed by atoms with E-state index in [1.165, 1.54) is 70.2 Å². The van der Waals surface area contributed by atoms with Gasteiger partial charge in [0.05, 0.1) is 49.2 Å². The normalized spacial score (nSPS) is 43.1. The molecule has 2 saturated carbocycles. The Balaban J connectivity index is 0.00000185. The van der Waals surface area contributed by atoms with Crippen LogP contribution in [-0.2, 0) is 33.4 Å². The van der Waals surface area contributed by atoms with Gasteiger partial charge in [-0.25, -0.2) is 0 Å². The number of halogens is 2. The van der Waals surface area contributed by atoms with Crippen LogP contribution in [0.25, 0.3) is 0 Å². The fraction of sp³-hybridized carbons (Fsp3) is 0.462. The van der Waals surface area contributed by atoms with Crippen LogP contribution in [0.3, 0.4) is 0 Å². The van der Waals surface area contributed by atoms with Crippen LogP contribution in [0.2, 0.25) is 0 Å². The molecule has 4 aromatic rings. The molecule has 12 unspecified atom stereocenters. The van der Waals surface area contributed by atoms with Crippen LogP contribution in [0.1, 0.15) is 47.9 Å². The van der Waals surface area contributed by atoms with Gasteiger partial charge in [0.2, 0.25) is 0 Å². The van der Waals surface area contributed by atoms with Crippen molar-refractivity contribution < 1.29 is 52.4 Å². The monoisotopic (exact) mass is 924 g/mol. The van der Waals surface area contributed by atoms with E-state index in [1.807, 2.05) is 0 Å². The number of ether oxygens (including phenoxy) is 2. The number of quaternary nitrogens is 2. The molecule has 0 aromatic heterocycles. The van der Waals surface area contributed by atoms with Crippen LogP contribution < -0.4 is 43.8 Å². The maximum absolute atomic E-state index is 7.66. The van der Waals surface area contributed by atoms with E-state index < -0.39 is 0 Å². The second-order valence-electron chi connectivity index (χ2n) is 20.7. The number of para-hydroxylation sites is 2. The minimum atomic E-state index is 0. The minimum absolute atomic E-state index is 0. The zero-order valence-electron chi connectivity index (χ0n) is 34.2. The molecular formula is C52H54Br2N4O2. The van der Waals surface area contributed by atoms with E-state index in [0.717, 1.165) is 26.2 Å². The van der Waals surface area contributed by atoms with Crippen molar-refractivity contribution in [3.63, 3.8) is 0 Å². The molecule has 2 aliphatic carbocycles. The number of anilines is 2. The molecule has 5 saturated heterocycles. The fourth-order valence-electron chi connectivity index (χ4n) is 17.7. The number of fused-ring (bicyclic) bond motifs is 6. The molecule has 60 heavy (non-hydrogen) atoms. The molecule has 14 atom stereocenters. The Hall–Kier alpha value is -3.24. The van der Waals surface area contributed by atoms with E-state index in [1.54, 1.807) is 22.3 Å². The topological polar surface area (TPSA) is 24.9 Å². The Morgan fingerprint density at radius 1 is 0.533 bits per heavy atom. The molecule has 8 heteroatoms. The molecule has 2 spiro atoms. The summed E-state index contributed by atoms with van der Waals surface area (Å²) in [5.41, 5.74) is 12.7. The summed E-state index contributed by atoms with van der Waals surface area (Å²) in [5.74, 6) is 1.72. The van der Waals surface area contributed by atoms with Crippen molar-refractivity contribution in [3.05, 3.63) is 155 Å². The van der Waals surface area contributed by atoms with Crippen molar-refractivity contribution in [2.24, 2.45) is 23.7 Å². The molecule has 0 amide bonds. The molecule has 4 bridgehead atoms. The highest BCUT2D eigenvalue weighted by atomic mass is 79.9. The number of hydrogen-bond acceptors (Lipinski definition) is 4. The molecule has 7 fully saturated rings. The van der Waals surface area contributed by atoms with Crippen molar-refractivity contribution in [2.75, 3.05) is 49.2 Å². The van der Waals surface area contributed by atoms with Crippen molar-refractivity contribution in [2.45, 2.75) is 86.2 Å². The molecule has 0 N–H and O–H groups in total. The average Bonchev–Trinajstić information content (AvgIpc) is 3.87. The quantitative estimate of drug-likeness (QED) is 0.230. The van der Waals surface area contributed by atoms with Gasteiger partial charge in [-0.2, -0.15) is 0 Å². The molecule has 308 valence electrons. The van der Waals surface area contributed by atoms with Gasteiger partial charge < -0.3 is 62.2 Å². The van der Waals surface area contributed by atoms with Gasteiger partial charge in [0.1, 0.15) is 50.7 Å². The minimum Gasteiger partial charge on any atom is -1.00 e. The van der Waals surface area contributed by atoms with Crippen LogP contribution in [0, 0.1) is 23.7 Å². The third-order valence-electron chi connectivity index (χ3n) is 19.1. The lowest BCUT2D eigenvalue weighted by Crippen LogP contribution is -3.00. The number of rotatable bonds is 4. The third-order valence-corrected chi connectivity index (χ3v) is 19.1. The lowest BCUT2D eigenvalue weighted by Gasteiger charge is -2.65. The van der Waals surface area contributed by atoms with Crippen molar-refractivity contribution >= 4 is 11.4 Å². The maximum Gasteiger partial charge on any atom is 0.136 e. The van der Waals surface area contributed by atoms with Crippen LogP contribution >= 0.6 is 0 Å². The first-order valence-corrected chi connectivity index (χ1v) is 22.8. The fourth-order valence-corrected chi connectivity index (χ4v) is 17.7. The van der Waals surface area contributed by atoms with Gasteiger partial charge in [-0.3, -0.25) is 0 Å². The first-order chi connectivity index (χ1) is 28.6. The predicted octanol–water partition coefficient (Wildman–Crippen LogP) is 1.70. The smallest absolute Gasteiger partial charge is 0.136 e. The molecule has 0 radical (unpaired) electrons. The molecule has 9 aliphatic heterocycles. The summed E-state index contributed by atoms with van der Waals surface area (Å²) < 4.78 is 17.7. The van der Waals surface area contributed by atoms with E-state index in [0.29, 0.717) is 61.1 Å². The maximum atomic E-state index is 7.66. The summed E-state index contributed by atoms with van der Waals surface area (Å²) in [6.45, 7) is 8.47. The SMILES string of the molecule is C1=C2C[N@+]3(Cc4ccccc4)CCC45c6ccccc6N6C7OCC=C8C[N@+]9(Cc%10ccccc%10)CCC%10%11c%12ccccc%12N(C(OC1)C(C2CC43)C65)C%10C7C8CC%119.[Br-].[Br-]. The lowest BCUT2D eigenvalue weighted by atomic mass is 9.52. The number of nitrogens with zero attached hydrogens (tertiary/aromatic N) is 4. The number of piperidine rings is 2. The highest BCUT2D eigenvalue weighted by molar-refractivity contribution is 5.72. The number of benzene rings is 4. The standard InChI is InChI=1S/C52H54N4O2.2BrH/c1-3-11-33(12-4-1)29-55-23-21-51-39-15-7-9-17-41(39)53-47(51)45-37(27-43(51)55)35(31-55)19-25-57-49(45)54-42-18-10-8-16-40(42)52-22-24-56(30-34-13-5-2-6-14-34)32-36-20-26-58-50(53)46(48(52)54)38(36)28-44(52)56;;/h1-20,37-38,43-50H,21-32H2;2*1H/q+2;;/p-2/t37?,38?,43?,44?,45?,46?,47?,48?,49?,50?,51?,52?,55-,56-;;/m1../s1. The van der Waals surface area contributed by atoms with Crippen molar-refractivity contribution in [3.8, 4) is 0 Å². The summed E-state index contributed by atoms with van der Waals surface area (Å²) in [7, 11) is 0. The third kappa shape index (κ3) is 4.26. The van der Waals surface area contributed by atoms with Crippen LogP contribution in [0.4, 0.5) is 11.4 Å². The molecular weight excluding hydrogens is 872 g/mol. The Labute approximate surface area is 375 Å². The summed E-state index contributed by atoms with van der Waals surface area (Å²) >= 11 is 0. The van der Waals surface area contributed by atoms with Gasteiger partial charge in [0, 0.05) is 71.9 Å². The van der Waals surface area contributed by atoms with Gasteiger partial charge in [-0.15, -0.1) is 0 Å². The molecule has 15 rings (SSSR count). The van der Waals surface area contributed by atoms with Crippen LogP contribution in [-0.4, -0.2) is 85.0 Å². The van der Waals surface area contributed by atoms with E-state index in [2.05, 4.69) is 131 Å². The van der Waals surface area contributed by atoms with Crippen LogP contribution in [0.5, 0.6) is 0 Å². The van der Waals surface area contributed by atoms with E-state index in [4.69, 9.17) is 9.47 Å². The first kappa shape index (κ1) is 37.3. The van der Waals surface area contributed by atoms with Gasteiger partial charge in [0.25, 0.3) is 0 Å². The average molecular weight is 927 g/mol. The molecule has 11 aliphatic rings. The molecule has 4 aromatic carbocycles. The van der Waals surface area contributed by atoms with Gasteiger partial charge in [-0.05, 0) is 34.4 Å². The molecule has 6 nitrogen and oxygen atoms in total. The summed E-state index contributed by atoms with van der Waals surface area (Å²) in [4.78, 5) is 6.02. The Kier molecular flexibility index (Phi) is 7.90. The van der Waals surface area contributed by atoms with E-state index >= 15 is 0 Å². The second kappa shape index (κ2) is 12.7. The van der Waals surface area contributed by atoms with Gasteiger partial charge in [0.15, 0.2) is 0 Å². The summed E-state index contributed by atoms with van der Waals surface area (Å²) in [5, 5.41) is 0. The van der Waals surface area contributed by atoms with E-state index in [9.17, 15) is 0 Å². The number of hydrogen-bond donors (Lipinski definition) is 0. The Bertz CT molecular complexity index is 2310. The van der Waals surface area contributed by atoms with E-state index in [-0.39, 0.29) is 57.2 Å². The zero-order chi connectivity index (χ0) is 37.6. The molecule has 9 heterocycles. The highest BCUT2D eigenvalue weighted by Gasteiger charge is 2.81. The first-order valence-electron chi connectivity index (χ1n) is 22.8. The van der Waals surface area contributed by atoms with Crippen molar-refractivity contribution in [1.82, 2.24) is 0 Å². The summed E-state index contributed by atoms with van der Waals surface area (Å²) in [6, 6.07) is 44.4. The highest BCUT2D eigenvalue weighted by Crippen LogP contribution is 2.73. The Morgan fingerprint density at radius 3 is 1.40 bits per heavy atom. The predicted molar refractivity (Wildman–Crippen MR) is 225 cm³/mol. The van der Waals surface area contributed by atoms with Gasteiger partial charge in [-0.1, -0.05) is 109 Å². The zero-order valence-corrected chi connectivity index (χ0v) is 37.3. The van der Waals surface area contributed by atoms with Crippen LogP contribution in [0.15, 0.2) is 132 Å². The lowest BCUT2D eigenvalue weighted by molar-refractivity contribution is -0.955. The largest absolute Gasteiger partial charge is 1.00 e. The summed E-state index contributed by atoms with van der Waals surface area (Å²) in [6.07, 6.45) is 10.2. The van der Waals surface area contributed by atoms with Gasteiger partial charge >= 0.3 is 0 Å². The second-order valence-corrected chi connectivity index (χ2v) is 20.7.